The molecule has 0 amide bonds. The van der Waals surface area contributed by atoms with Crippen LogP contribution in [0.15, 0.2) is 30.5 Å². The van der Waals surface area contributed by atoms with E-state index in [1.54, 1.807) is 18.3 Å². The van der Waals surface area contributed by atoms with Gasteiger partial charge in [-0.2, -0.15) is 5.10 Å². The van der Waals surface area contributed by atoms with Gasteiger partial charge in [0.15, 0.2) is 0 Å². The zero-order valence-corrected chi connectivity index (χ0v) is 10.5. The fraction of sp³-hybridized carbons (Fsp3) is 0.308. The van der Waals surface area contributed by atoms with Crippen LogP contribution in [0.3, 0.4) is 0 Å². The van der Waals surface area contributed by atoms with Crippen molar-refractivity contribution in [2.75, 3.05) is 5.32 Å². The SMILES string of the molecule is CC(C)n1nccc1NCc1ccc(O)cc1O. The molecule has 0 aliphatic carbocycles. The van der Waals surface area contributed by atoms with Crippen molar-refractivity contribution < 1.29 is 10.2 Å². The second kappa shape index (κ2) is 5.00. The number of rotatable bonds is 4. The molecule has 1 heterocycles. The molecule has 5 nitrogen and oxygen atoms in total. The summed E-state index contributed by atoms with van der Waals surface area (Å²) in [6, 6.07) is 6.73. The third-order valence-corrected chi connectivity index (χ3v) is 2.69. The number of hydrogen-bond acceptors (Lipinski definition) is 4. The predicted molar refractivity (Wildman–Crippen MR) is 69.7 cm³/mol. The Bertz CT molecular complexity index is 535. The maximum atomic E-state index is 9.68. The van der Waals surface area contributed by atoms with E-state index in [-0.39, 0.29) is 17.5 Å². The second-order valence-corrected chi connectivity index (χ2v) is 4.42. The maximum Gasteiger partial charge on any atom is 0.124 e. The third-order valence-electron chi connectivity index (χ3n) is 2.69. The van der Waals surface area contributed by atoms with Crippen LogP contribution in [-0.4, -0.2) is 20.0 Å². The molecule has 3 N–H and O–H groups in total. The van der Waals surface area contributed by atoms with Crippen molar-refractivity contribution in [1.82, 2.24) is 9.78 Å². The number of benzene rings is 1. The summed E-state index contributed by atoms with van der Waals surface area (Å²) in [4.78, 5) is 0. The van der Waals surface area contributed by atoms with Gasteiger partial charge in [-0.1, -0.05) is 0 Å². The number of anilines is 1. The summed E-state index contributed by atoms with van der Waals surface area (Å²) in [6.45, 7) is 4.58. The number of phenolic OH excluding ortho intramolecular Hbond substituents is 2. The molecule has 2 aromatic rings. The number of aromatic hydroxyl groups is 2. The van der Waals surface area contributed by atoms with Crippen LogP contribution in [0.4, 0.5) is 5.82 Å². The Morgan fingerprint density at radius 2 is 2.06 bits per heavy atom. The molecule has 0 bridgehead atoms. The molecule has 0 saturated carbocycles. The Morgan fingerprint density at radius 1 is 1.28 bits per heavy atom. The molecule has 2 rings (SSSR count). The highest BCUT2D eigenvalue weighted by atomic mass is 16.3. The standard InChI is InChI=1S/C13H17N3O2/c1-9(2)16-13(5-6-15-16)14-8-10-3-4-11(17)7-12(10)18/h3-7,9,14,17-18H,8H2,1-2H3. The maximum absolute atomic E-state index is 9.68. The van der Waals surface area contributed by atoms with E-state index in [1.165, 1.54) is 6.07 Å². The second-order valence-electron chi connectivity index (χ2n) is 4.42. The summed E-state index contributed by atoms with van der Waals surface area (Å²) in [7, 11) is 0. The predicted octanol–water partition coefficient (Wildman–Crippen LogP) is 2.49. The molecule has 0 aliphatic rings. The number of aromatic nitrogens is 2. The van der Waals surface area contributed by atoms with E-state index in [1.807, 2.05) is 10.7 Å². The van der Waals surface area contributed by atoms with Crippen molar-refractivity contribution in [3.05, 3.63) is 36.0 Å². The van der Waals surface area contributed by atoms with Crippen molar-refractivity contribution in [3.63, 3.8) is 0 Å². The molecular formula is C13H17N3O2. The Kier molecular flexibility index (Phi) is 3.41. The fourth-order valence-electron chi connectivity index (χ4n) is 1.75. The zero-order chi connectivity index (χ0) is 13.1. The van der Waals surface area contributed by atoms with Gasteiger partial charge in [-0.25, -0.2) is 4.68 Å². The molecule has 18 heavy (non-hydrogen) atoms. The number of nitrogens with zero attached hydrogens (tertiary/aromatic N) is 2. The van der Waals surface area contributed by atoms with Crippen LogP contribution in [0, 0.1) is 0 Å². The molecule has 0 radical (unpaired) electrons. The zero-order valence-electron chi connectivity index (χ0n) is 10.5. The summed E-state index contributed by atoms with van der Waals surface area (Å²) in [5, 5.41) is 26.3. The van der Waals surface area contributed by atoms with Crippen LogP contribution in [-0.2, 0) is 6.54 Å². The molecule has 0 unspecified atom stereocenters. The van der Waals surface area contributed by atoms with E-state index in [4.69, 9.17) is 0 Å². The third kappa shape index (κ3) is 2.56. The van der Waals surface area contributed by atoms with Crippen LogP contribution >= 0.6 is 0 Å². The Labute approximate surface area is 106 Å². The Morgan fingerprint density at radius 3 is 2.72 bits per heavy atom. The van der Waals surface area contributed by atoms with E-state index < -0.39 is 0 Å². The van der Waals surface area contributed by atoms with Crippen LogP contribution in [0.5, 0.6) is 11.5 Å². The number of hydrogen-bond donors (Lipinski definition) is 3. The van der Waals surface area contributed by atoms with Gasteiger partial charge in [0, 0.05) is 30.3 Å². The van der Waals surface area contributed by atoms with Gasteiger partial charge in [-0.3, -0.25) is 0 Å². The van der Waals surface area contributed by atoms with Crippen LogP contribution < -0.4 is 5.32 Å². The van der Waals surface area contributed by atoms with Gasteiger partial charge in [0.2, 0.25) is 0 Å². The van der Waals surface area contributed by atoms with Gasteiger partial charge in [0.05, 0.1) is 6.20 Å². The van der Waals surface area contributed by atoms with Crippen LogP contribution in [0.2, 0.25) is 0 Å². The van der Waals surface area contributed by atoms with Gasteiger partial charge in [-0.05, 0) is 26.0 Å². The topological polar surface area (TPSA) is 70.3 Å². The fourth-order valence-corrected chi connectivity index (χ4v) is 1.75. The van der Waals surface area contributed by atoms with Crippen molar-refractivity contribution in [2.45, 2.75) is 26.4 Å². The monoisotopic (exact) mass is 247 g/mol. The molecule has 0 aliphatic heterocycles. The number of nitrogens with one attached hydrogen (secondary N) is 1. The van der Waals surface area contributed by atoms with E-state index in [0.717, 1.165) is 11.4 Å². The van der Waals surface area contributed by atoms with Gasteiger partial charge in [0.25, 0.3) is 0 Å². The van der Waals surface area contributed by atoms with Crippen LogP contribution in [0.1, 0.15) is 25.5 Å². The first kappa shape index (κ1) is 12.3. The largest absolute Gasteiger partial charge is 0.508 e. The molecule has 96 valence electrons. The van der Waals surface area contributed by atoms with Crippen molar-refractivity contribution in [1.29, 1.82) is 0 Å². The van der Waals surface area contributed by atoms with Crippen molar-refractivity contribution in [3.8, 4) is 11.5 Å². The molecule has 0 fully saturated rings. The first-order valence-corrected chi connectivity index (χ1v) is 5.86. The highest BCUT2D eigenvalue weighted by Crippen LogP contribution is 2.23. The normalized spacial score (nSPS) is 10.8. The first-order valence-electron chi connectivity index (χ1n) is 5.86. The minimum absolute atomic E-state index is 0.0588. The smallest absolute Gasteiger partial charge is 0.124 e. The summed E-state index contributed by atoms with van der Waals surface area (Å²) < 4.78 is 1.87. The first-order chi connectivity index (χ1) is 8.58. The lowest BCUT2D eigenvalue weighted by Gasteiger charge is -2.13. The minimum Gasteiger partial charge on any atom is -0.508 e. The van der Waals surface area contributed by atoms with Gasteiger partial charge >= 0.3 is 0 Å². The summed E-state index contributed by atoms with van der Waals surface area (Å²) >= 11 is 0. The number of phenols is 2. The molecule has 5 heteroatoms. The van der Waals surface area contributed by atoms with Crippen molar-refractivity contribution in [2.24, 2.45) is 0 Å². The highest BCUT2D eigenvalue weighted by molar-refractivity contribution is 5.42. The lowest BCUT2D eigenvalue weighted by molar-refractivity contribution is 0.446. The summed E-state index contributed by atoms with van der Waals surface area (Å²) in [5.41, 5.74) is 0.726. The van der Waals surface area contributed by atoms with Gasteiger partial charge in [0.1, 0.15) is 17.3 Å². The average molecular weight is 247 g/mol. The summed E-state index contributed by atoms with van der Waals surface area (Å²) in [5.74, 6) is 1.04. The van der Waals surface area contributed by atoms with Gasteiger partial charge < -0.3 is 15.5 Å². The van der Waals surface area contributed by atoms with E-state index in [9.17, 15) is 10.2 Å². The molecule has 0 saturated heterocycles. The summed E-state index contributed by atoms with van der Waals surface area (Å²) in [6.07, 6.45) is 1.74. The Hall–Kier alpha value is -2.17. The van der Waals surface area contributed by atoms with Crippen LogP contribution in [0.25, 0.3) is 0 Å². The van der Waals surface area contributed by atoms with Gasteiger partial charge in [-0.15, -0.1) is 0 Å². The van der Waals surface area contributed by atoms with Crippen molar-refractivity contribution >= 4 is 5.82 Å². The highest BCUT2D eigenvalue weighted by Gasteiger charge is 2.07. The molecule has 0 spiro atoms. The molecule has 1 aromatic carbocycles. The molecular weight excluding hydrogens is 230 g/mol. The molecule has 1 aromatic heterocycles. The average Bonchev–Trinajstić information content (AvgIpc) is 2.76. The van der Waals surface area contributed by atoms with E-state index >= 15 is 0 Å². The Balaban J connectivity index is 2.09. The lowest BCUT2D eigenvalue weighted by atomic mass is 10.2. The van der Waals surface area contributed by atoms with E-state index in [0.29, 0.717) is 6.54 Å². The quantitative estimate of drug-likeness (QED) is 0.776. The van der Waals surface area contributed by atoms with E-state index in [2.05, 4.69) is 24.3 Å². The minimum atomic E-state index is 0.0588. The lowest BCUT2D eigenvalue weighted by Crippen LogP contribution is -2.09. The molecule has 0 atom stereocenters.